The Labute approximate surface area is 142 Å². The maximum Gasteiger partial charge on any atom is 0.329 e. The van der Waals surface area contributed by atoms with Gasteiger partial charge in [0.05, 0.1) is 0 Å². The summed E-state index contributed by atoms with van der Waals surface area (Å²) in [4.78, 5) is 24.4. The van der Waals surface area contributed by atoms with Crippen LogP contribution in [0.4, 0.5) is 0 Å². The van der Waals surface area contributed by atoms with E-state index < -0.39 is 12.0 Å². The Morgan fingerprint density at radius 3 is 2.00 bits per heavy atom. The van der Waals surface area contributed by atoms with Crippen molar-refractivity contribution in [1.29, 1.82) is 0 Å². The summed E-state index contributed by atoms with van der Waals surface area (Å²) in [6.07, 6.45) is 0.410. The molecule has 2 aromatic rings. The van der Waals surface area contributed by atoms with Crippen molar-refractivity contribution in [2.24, 2.45) is 5.92 Å². The normalized spacial score (nSPS) is 11.8. The third kappa shape index (κ3) is 5.54. The molecule has 0 aliphatic heterocycles. The molecule has 1 unspecified atom stereocenters. The predicted molar refractivity (Wildman–Crippen MR) is 93.2 cm³/mol. The molecule has 0 bridgehead atoms. The molecule has 24 heavy (non-hydrogen) atoms. The highest BCUT2D eigenvalue weighted by Gasteiger charge is 2.23. The second kappa shape index (κ2) is 8.87. The van der Waals surface area contributed by atoms with Gasteiger partial charge < -0.3 is 10.1 Å². The quantitative estimate of drug-likeness (QED) is 0.796. The summed E-state index contributed by atoms with van der Waals surface area (Å²) < 4.78 is 5.39. The van der Waals surface area contributed by atoms with Gasteiger partial charge in [0.2, 0.25) is 5.91 Å². The monoisotopic (exact) mass is 325 g/mol. The third-order valence-corrected chi connectivity index (χ3v) is 3.63. The maximum atomic E-state index is 12.4. The Bertz CT molecular complexity index is 653. The van der Waals surface area contributed by atoms with Crippen LogP contribution in [0.5, 0.6) is 0 Å². The van der Waals surface area contributed by atoms with E-state index in [-0.39, 0.29) is 18.4 Å². The molecule has 1 amide bonds. The van der Waals surface area contributed by atoms with E-state index >= 15 is 0 Å². The highest BCUT2D eigenvalue weighted by molar-refractivity contribution is 5.85. The Balaban J connectivity index is 2.03. The second-order valence-corrected chi connectivity index (χ2v) is 6.00. The van der Waals surface area contributed by atoms with Gasteiger partial charge in [-0.3, -0.25) is 4.79 Å². The van der Waals surface area contributed by atoms with E-state index in [1.807, 2.05) is 60.7 Å². The summed E-state index contributed by atoms with van der Waals surface area (Å²) in [7, 11) is 0. The van der Waals surface area contributed by atoms with Gasteiger partial charge in [-0.2, -0.15) is 0 Å². The number of carbonyl (C=O) groups is 2. The molecule has 0 spiro atoms. The lowest BCUT2D eigenvalue weighted by molar-refractivity contribution is -0.149. The molecule has 0 saturated heterocycles. The zero-order chi connectivity index (χ0) is 17.4. The third-order valence-electron chi connectivity index (χ3n) is 3.63. The van der Waals surface area contributed by atoms with Crippen LogP contribution in [0.2, 0.25) is 0 Å². The average Bonchev–Trinajstić information content (AvgIpc) is 2.60. The van der Waals surface area contributed by atoms with Crippen LogP contribution >= 0.6 is 0 Å². The van der Waals surface area contributed by atoms with Gasteiger partial charge in [0.25, 0.3) is 0 Å². The minimum absolute atomic E-state index is 0.160. The van der Waals surface area contributed by atoms with Crippen molar-refractivity contribution in [3.05, 3.63) is 71.8 Å². The number of hydrogen-bond donors (Lipinski definition) is 1. The van der Waals surface area contributed by atoms with E-state index in [1.54, 1.807) is 13.8 Å². The van der Waals surface area contributed by atoms with Crippen LogP contribution < -0.4 is 5.32 Å². The van der Waals surface area contributed by atoms with Crippen LogP contribution in [0.3, 0.4) is 0 Å². The molecular weight excluding hydrogens is 302 g/mol. The summed E-state index contributed by atoms with van der Waals surface area (Å²) in [6.45, 7) is 3.79. The van der Waals surface area contributed by atoms with E-state index in [0.717, 1.165) is 11.1 Å². The van der Waals surface area contributed by atoms with Crippen molar-refractivity contribution in [3.63, 3.8) is 0 Å². The molecule has 0 saturated carbocycles. The summed E-state index contributed by atoms with van der Waals surface area (Å²) in [6, 6.07) is 18.4. The highest BCUT2D eigenvalue weighted by Crippen LogP contribution is 2.08. The average molecular weight is 325 g/mol. The van der Waals surface area contributed by atoms with Gasteiger partial charge in [-0.05, 0) is 11.1 Å². The van der Waals surface area contributed by atoms with Gasteiger partial charge in [0.1, 0.15) is 12.6 Å². The first-order valence-corrected chi connectivity index (χ1v) is 8.11. The van der Waals surface area contributed by atoms with Crippen LogP contribution in [0.1, 0.15) is 25.0 Å². The first kappa shape index (κ1) is 17.7. The predicted octanol–water partition coefficient (Wildman–Crippen LogP) is 3.11. The number of nitrogens with one attached hydrogen (secondary N) is 1. The zero-order valence-electron chi connectivity index (χ0n) is 14.1. The molecule has 0 radical (unpaired) electrons. The molecule has 1 atom stereocenters. The Morgan fingerprint density at radius 1 is 0.917 bits per heavy atom. The minimum atomic E-state index is -0.689. The van der Waals surface area contributed by atoms with E-state index in [2.05, 4.69) is 5.32 Å². The van der Waals surface area contributed by atoms with E-state index in [0.29, 0.717) is 6.42 Å². The largest absolute Gasteiger partial charge is 0.459 e. The molecule has 0 aliphatic rings. The van der Waals surface area contributed by atoms with Gasteiger partial charge in [0.15, 0.2) is 0 Å². The first-order valence-electron chi connectivity index (χ1n) is 8.11. The minimum Gasteiger partial charge on any atom is -0.459 e. The summed E-state index contributed by atoms with van der Waals surface area (Å²) in [5.41, 5.74) is 1.89. The lowest BCUT2D eigenvalue weighted by Gasteiger charge is -2.19. The second-order valence-electron chi connectivity index (χ2n) is 6.00. The summed E-state index contributed by atoms with van der Waals surface area (Å²) >= 11 is 0. The SMILES string of the molecule is CC(C)C(=O)NC(Cc1ccccc1)C(=O)OCc1ccccc1. The van der Waals surface area contributed by atoms with Crippen LogP contribution in [-0.4, -0.2) is 17.9 Å². The lowest BCUT2D eigenvalue weighted by atomic mass is 10.0. The van der Waals surface area contributed by atoms with Crippen molar-refractivity contribution in [3.8, 4) is 0 Å². The maximum absolute atomic E-state index is 12.4. The molecule has 0 aliphatic carbocycles. The van der Waals surface area contributed by atoms with Crippen LogP contribution in [0.15, 0.2) is 60.7 Å². The van der Waals surface area contributed by atoms with Gasteiger partial charge in [-0.1, -0.05) is 74.5 Å². The van der Waals surface area contributed by atoms with Crippen LogP contribution in [0.25, 0.3) is 0 Å². The van der Waals surface area contributed by atoms with Crippen molar-refractivity contribution in [2.45, 2.75) is 32.9 Å². The van der Waals surface area contributed by atoms with Gasteiger partial charge in [0, 0.05) is 12.3 Å². The number of esters is 1. The van der Waals surface area contributed by atoms with E-state index in [4.69, 9.17) is 4.74 Å². The van der Waals surface area contributed by atoms with Crippen molar-refractivity contribution >= 4 is 11.9 Å². The summed E-state index contributed by atoms with van der Waals surface area (Å²) in [5.74, 6) is -0.769. The fraction of sp³-hybridized carbons (Fsp3) is 0.300. The van der Waals surface area contributed by atoms with Crippen molar-refractivity contribution in [1.82, 2.24) is 5.32 Å². The van der Waals surface area contributed by atoms with Gasteiger partial charge in [-0.15, -0.1) is 0 Å². The van der Waals surface area contributed by atoms with Crippen molar-refractivity contribution < 1.29 is 14.3 Å². The molecule has 4 nitrogen and oxygen atoms in total. The number of hydrogen-bond acceptors (Lipinski definition) is 3. The number of amides is 1. The molecular formula is C20H23NO3. The smallest absolute Gasteiger partial charge is 0.329 e. The Kier molecular flexibility index (Phi) is 6.55. The topological polar surface area (TPSA) is 55.4 Å². The molecule has 0 aromatic heterocycles. The van der Waals surface area contributed by atoms with Crippen LogP contribution in [-0.2, 0) is 27.4 Å². The van der Waals surface area contributed by atoms with Gasteiger partial charge >= 0.3 is 5.97 Å². The molecule has 2 rings (SSSR count). The first-order chi connectivity index (χ1) is 11.6. The number of carbonyl (C=O) groups excluding carboxylic acids is 2. The van der Waals surface area contributed by atoms with Crippen LogP contribution in [0, 0.1) is 5.92 Å². The number of rotatable bonds is 7. The van der Waals surface area contributed by atoms with Gasteiger partial charge in [-0.25, -0.2) is 4.79 Å². The molecule has 126 valence electrons. The zero-order valence-corrected chi connectivity index (χ0v) is 14.1. The summed E-state index contributed by atoms with van der Waals surface area (Å²) in [5, 5.41) is 2.79. The van der Waals surface area contributed by atoms with Crippen molar-refractivity contribution in [2.75, 3.05) is 0 Å². The standard InChI is InChI=1S/C20H23NO3/c1-15(2)19(22)21-18(13-16-9-5-3-6-10-16)20(23)24-14-17-11-7-4-8-12-17/h3-12,15,18H,13-14H2,1-2H3,(H,21,22). The fourth-order valence-corrected chi connectivity index (χ4v) is 2.21. The fourth-order valence-electron chi connectivity index (χ4n) is 2.21. The molecule has 1 N–H and O–H groups in total. The Morgan fingerprint density at radius 2 is 1.46 bits per heavy atom. The lowest BCUT2D eigenvalue weighted by Crippen LogP contribution is -2.44. The number of ether oxygens (including phenoxy) is 1. The Hall–Kier alpha value is -2.62. The number of benzene rings is 2. The molecule has 0 fully saturated rings. The molecule has 2 aromatic carbocycles. The molecule has 4 heteroatoms. The van der Waals surface area contributed by atoms with E-state index in [1.165, 1.54) is 0 Å². The highest BCUT2D eigenvalue weighted by atomic mass is 16.5. The molecule has 0 heterocycles. The van der Waals surface area contributed by atoms with E-state index in [9.17, 15) is 9.59 Å².